The molecule has 1 aromatic rings. The number of ether oxygens (including phenoxy) is 1. The number of nitrogens with zero attached hydrogens (tertiary/aromatic N) is 1. The summed E-state index contributed by atoms with van der Waals surface area (Å²) in [4.78, 5) is 12.2. The monoisotopic (exact) mass is 346 g/mol. The zero-order valence-corrected chi connectivity index (χ0v) is 13.6. The molecule has 0 spiro atoms. The van der Waals surface area contributed by atoms with Crippen LogP contribution in [0.3, 0.4) is 0 Å². The van der Waals surface area contributed by atoms with Gasteiger partial charge in [-0.1, -0.05) is 0 Å². The van der Waals surface area contributed by atoms with Gasteiger partial charge >= 0.3 is 0 Å². The Morgan fingerprint density at radius 1 is 1.43 bits per heavy atom. The Morgan fingerprint density at radius 2 is 2.13 bits per heavy atom. The first kappa shape index (κ1) is 17.6. The van der Waals surface area contributed by atoms with Crippen LogP contribution in [0.15, 0.2) is 18.2 Å². The number of hydrogen-bond donors (Lipinski definition) is 2. The second kappa shape index (κ2) is 6.81. The van der Waals surface area contributed by atoms with Crippen molar-refractivity contribution in [2.24, 2.45) is 5.92 Å². The van der Waals surface area contributed by atoms with Gasteiger partial charge in [-0.3, -0.25) is 4.79 Å². The minimum atomic E-state index is -3.43. The van der Waals surface area contributed by atoms with E-state index < -0.39 is 39.5 Å². The summed E-state index contributed by atoms with van der Waals surface area (Å²) in [7, 11) is -0.546. The van der Waals surface area contributed by atoms with Crippen LogP contribution < -0.4 is 5.32 Å². The first-order valence-corrected chi connectivity index (χ1v) is 8.59. The summed E-state index contributed by atoms with van der Waals surface area (Å²) in [5.74, 6) is -2.28. The molecule has 0 saturated carbocycles. The van der Waals surface area contributed by atoms with Crippen molar-refractivity contribution in [1.29, 1.82) is 0 Å². The van der Waals surface area contributed by atoms with E-state index in [2.05, 4.69) is 5.32 Å². The molecule has 2 N–H and O–H groups in total. The fraction of sp³-hybridized carbons (Fsp3) is 0.500. The van der Waals surface area contributed by atoms with E-state index in [1.165, 1.54) is 20.2 Å². The highest BCUT2D eigenvalue weighted by atomic mass is 32.2. The summed E-state index contributed by atoms with van der Waals surface area (Å²) < 4.78 is 43.2. The van der Waals surface area contributed by atoms with Crippen molar-refractivity contribution in [1.82, 2.24) is 9.62 Å². The van der Waals surface area contributed by atoms with Crippen LogP contribution in [0.5, 0.6) is 5.75 Å². The Labute approximate surface area is 134 Å². The van der Waals surface area contributed by atoms with Crippen LogP contribution in [0.4, 0.5) is 4.39 Å². The number of hydrogen-bond acceptors (Lipinski definition) is 5. The molecule has 1 fully saturated rings. The molecule has 1 aromatic carbocycles. The molecule has 2 atom stereocenters. The third-order valence-electron chi connectivity index (χ3n) is 3.70. The lowest BCUT2D eigenvalue weighted by Gasteiger charge is -2.21. The maximum atomic E-state index is 13.0. The van der Waals surface area contributed by atoms with E-state index in [-0.39, 0.29) is 24.5 Å². The highest BCUT2D eigenvalue weighted by Crippen LogP contribution is 2.21. The maximum absolute atomic E-state index is 13.0. The number of rotatable bonds is 5. The minimum Gasteiger partial charge on any atom is -0.507 e. The van der Waals surface area contributed by atoms with Crippen LogP contribution in [0.25, 0.3) is 0 Å². The van der Waals surface area contributed by atoms with Crippen molar-refractivity contribution >= 4 is 15.9 Å². The molecule has 0 bridgehead atoms. The molecule has 128 valence electrons. The summed E-state index contributed by atoms with van der Waals surface area (Å²) in [5, 5.41) is 12.3. The van der Waals surface area contributed by atoms with E-state index in [1.54, 1.807) is 0 Å². The topological polar surface area (TPSA) is 95.9 Å². The van der Waals surface area contributed by atoms with Gasteiger partial charge in [-0.15, -0.1) is 0 Å². The number of halogens is 1. The SMILES string of the molecule is CN(C)S(=O)(=O)C[C@@H]1COC[C@@H]1NC(=O)c1ccc(F)cc1O. The summed E-state index contributed by atoms with van der Waals surface area (Å²) in [6.45, 7) is 0.398. The van der Waals surface area contributed by atoms with Crippen LogP contribution >= 0.6 is 0 Å². The molecule has 9 heteroatoms. The first-order chi connectivity index (χ1) is 10.7. The molecule has 2 rings (SSSR count). The summed E-state index contributed by atoms with van der Waals surface area (Å²) in [6.07, 6.45) is 0. The Morgan fingerprint density at radius 3 is 2.74 bits per heavy atom. The average molecular weight is 346 g/mol. The Kier molecular flexibility index (Phi) is 5.23. The number of phenols is 1. The molecule has 0 radical (unpaired) electrons. The fourth-order valence-electron chi connectivity index (χ4n) is 2.28. The van der Waals surface area contributed by atoms with Crippen LogP contribution in [0, 0.1) is 11.7 Å². The van der Waals surface area contributed by atoms with E-state index in [1.807, 2.05) is 0 Å². The average Bonchev–Trinajstić information content (AvgIpc) is 2.84. The van der Waals surface area contributed by atoms with E-state index in [0.717, 1.165) is 16.4 Å². The van der Waals surface area contributed by atoms with Crippen LogP contribution in [0.1, 0.15) is 10.4 Å². The van der Waals surface area contributed by atoms with Crippen LogP contribution in [-0.2, 0) is 14.8 Å². The lowest BCUT2D eigenvalue weighted by Crippen LogP contribution is -2.43. The molecule has 1 amide bonds. The first-order valence-electron chi connectivity index (χ1n) is 6.98. The van der Waals surface area contributed by atoms with E-state index in [9.17, 15) is 22.7 Å². The van der Waals surface area contributed by atoms with Gasteiger partial charge in [0.25, 0.3) is 5.91 Å². The van der Waals surface area contributed by atoms with Gasteiger partial charge in [-0.25, -0.2) is 17.1 Å². The van der Waals surface area contributed by atoms with Gasteiger partial charge in [0.2, 0.25) is 10.0 Å². The van der Waals surface area contributed by atoms with Gasteiger partial charge in [0.15, 0.2) is 0 Å². The van der Waals surface area contributed by atoms with Crippen molar-refractivity contribution in [3.63, 3.8) is 0 Å². The number of benzene rings is 1. The molecule has 1 saturated heterocycles. The van der Waals surface area contributed by atoms with E-state index >= 15 is 0 Å². The molecule has 1 heterocycles. The number of sulfonamides is 1. The summed E-state index contributed by atoms with van der Waals surface area (Å²) >= 11 is 0. The minimum absolute atomic E-state index is 0.0764. The molecule has 23 heavy (non-hydrogen) atoms. The third-order valence-corrected chi connectivity index (χ3v) is 5.66. The Bertz CT molecular complexity index is 692. The molecule has 1 aliphatic rings. The highest BCUT2D eigenvalue weighted by Gasteiger charge is 2.34. The zero-order valence-electron chi connectivity index (χ0n) is 12.8. The molecule has 1 aliphatic heterocycles. The van der Waals surface area contributed by atoms with Crippen LogP contribution in [0.2, 0.25) is 0 Å². The second-order valence-electron chi connectivity index (χ2n) is 5.60. The predicted octanol–water partition coefficient (Wildman–Crippen LogP) is 0.168. The Balaban J connectivity index is 2.08. The van der Waals surface area contributed by atoms with Gasteiger partial charge in [0.05, 0.1) is 30.6 Å². The predicted molar refractivity (Wildman–Crippen MR) is 81.1 cm³/mol. The second-order valence-corrected chi connectivity index (χ2v) is 7.83. The number of nitrogens with one attached hydrogen (secondary N) is 1. The Hall–Kier alpha value is -1.71. The summed E-state index contributed by atoms with van der Waals surface area (Å²) in [6, 6.07) is 2.57. The molecule has 0 unspecified atom stereocenters. The van der Waals surface area contributed by atoms with Gasteiger partial charge in [-0.05, 0) is 12.1 Å². The summed E-state index contributed by atoms with van der Waals surface area (Å²) in [5.41, 5.74) is -0.0764. The van der Waals surface area contributed by atoms with Crippen molar-refractivity contribution < 1.29 is 27.4 Å². The standard InChI is InChI=1S/C14H19FN2O5S/c1-17(2)23(20,21)8-9-6-22-7-12(9)16-14(19)11-4-3-10(15)5-13(11)18/h3-5,9,12,18H,6-8H2,1-2H3,(H,16,19)/t9-,12-/m0/s1. The number of aromatic hydroxyl groups is 1. The molecular formula is C14H19FN2O5S. The molecule has 7 nitrogen and oxygen atoms in total. The zero-order chi connectivity index (χ0) is 17.2. The van der Waals surface area contributed by atoms with Gasteiger partial charge < -0.3 is 15.2 Å². The number of phenolic OH excluding ortho intramolecular Hbond substituents is 1. The normalized spacial score (nSPS) is 21.6. The smallest absolute Gasteiger partial charge is 0.255 e. The van der Waals surface area contributed by atoms with E-state index in [0.29, 0.717) is 0 Å². The lowest BCUT2D eigenvalue weighted by atomic mass is 10.1. The van der Waals surface area contributed by atoms with Crippen molar-refractivity contribution in [2.75, 3.05) is 33.1 Å². The van der Waals surface area contributed by atoms with Gasteiger partial charge in [0.1, 0.15) is 11.6 Å². The lowest BCUT2D eigenvalue weighted by molar-refractivity contribution is 0.0923. The molecule has 0 aliphatic carbocycles. The van der Waals surface area contributed by atoms with Gasteiger partial charge in [-0.2, -0.15) is 0 Å². The molecule has 0 aromatic heterocycles. The third kappa shape index (κ3) is 4.18. The maximum Gasteiger partial charge on any atom is 0.255 e. The molecular weight excluding hydrogens is 327 g/mol. The van der Waals surface area contributed by atoms with Crippen LogP contribution in [-0.4, -0.2) is 62.8 Å². The highest BCUT2D eigenvalue weighted by molar-refractivity contribution is 7.89. The number of carbonyl (C=O) groups excluding carboxylic acids is 1. The quantitative estimate of drug-likeness (QED) is 0.792. The van der Waals surface area contributed by atoms with Gasteiger partial charge in [0, 0.05) is 26.1 Å². The largest absolute Gasteiger partial charge is 0.507 e. The van der Waals surface area contributed by atoms with E-state index in [4.69, 9.17) is 4.74 Å². The number of amides is 1. The van der Waals surface area contributed by atoms with Crippen molar-refractivity contribution in [3.8, 4) is 5.75 Å². The van der Waals surface area contributed by atoms with Crippen molar-refractivity contribution in [3.05, 3.63) is 29.6 Å². The number of carbonyl (C=O) groups is 1. The van der Waals surface area contributed by atoms with Crippen molar-refractivity contribution in [2.45, 2.75) is 6.04 Å². The fourth-order valence-corrected chi connectivity index (χ4v) is 3.45.